The molecule has 3 nitrogen and oxygen atoms in total. The highest BCUT2D eigenvalue weighted by molar-refractivity contribution is 5.74. The lowest BCUT2D eigenvalue weighted by Crippen LogP contribution is -2.47. The fourth-order valence-electron chi connectivity index (χ4n) is 1.46. The van der Waals surface area contributed by atoms with Crippen LogP contribution in [0.1, 0.15) is 12.8 Å². The molecule has 0 aromatic rings. The lowest BCUT2D eigenvalue weighted by atomic mass is 9.98. The van der Waals surface area contributed by atoms with Gasteiger partial charge >= 0.3 is 6.18 Å². The van der Waals surface area contributed by atoms with Crippen molar-refractivity contribution in [2.24, 2.45) is 11.7 Å². The van der Waals surface area contributed by atoms with Crippen molar-refractivity contribution in [3.05, 3.63) is 0 Å². The van der Waals surface area contributed by atoms with Crippen molar-refractivity contribution in [3.63, 3.8) is 0 Å². The number of hydrogen-bond donors (Lipinski definition) is 2. The second-order valence-electron chi connectivity index (χ2n) is 3.21. The Balaban J connectivity index is 2.57. The largest absolute Gasteiger partial charge is 0.393 e. The molecule has 1 fully saturated rings. The predicted octanol–water partition coefficient (Wildman–Crippen LogP) is 1.15. The van der Waals surface area contributed by atoms with E-state index in [4.69, 9.17) is 11.1 Å². The second-order valence-corrected chi connectivity index (χ2v) is 3.21. The van der Waals surface area contributed by atoms with Crippen molar-refractivity contribution in [1.82, 2.24) is 4.90 Å². The summed E-state index contributed by atoms with van der Waals surface area (Å²) in [5.41, 5.74) is 5.11. The summed E-state index contributed by atoms with van der Waals surface area (Å²) in [6.45, 7) is 0.292. The number of guanidine groups is 1. The Kier molecular flexibility index (Phi) is 2.68. The molecule has 1 rings (SSSR count). The van der Waals surface area contributed by atoms with Gasteiger partial charge in [0, 0.05) is 13.1 Å². The lowest BCUT2D eigenvalue weighted by molar-refractivity contribution is -0.183. The maximum Gasteiger partial charge on any atom is 0.393 e. The van der Waals surface area contributed by atoms with Gasteiger partial charge in [0.2, 0.25) is 0 Å². The van der Waals surface area contributed by atoms with Crippen molar-refractivity contribution < 1.29 is 13.2 Å². The van der Waals surface area contributed by atoms with Crippen molar-refractivity contribution >= 4 is 5.96 Å². The van der Waals surface area contributed by atoms with Crippen LogP contribution in [0, 0.1) is 11.3 Å². The van der Waals surface area contributed by atoms with Gasteiger partial charge in [0.05, 0.1) is 5.92 Å². The Morgan fingerprint density at radius 2 is 2.08 bits per heavy atom. The monoisotopic (exact) mass is 195 g/mol. The van der Waals surface area contributed by atoms with Gasteiger partial charge < -0.3 is 10.6 Å². The molecule has 1 unspecified atom stereocenters. The van der Waals surface area contributed by atoms with E-state index in [1.807, 2.05) is 0 Å². The summed E-state index contributed by atoms with van der Waals surface area (Å²) in [4.78, 5) is 1.27. The average molecular weight is 195 g/mol. The SMILES string of the molecule is N=C(N)N1CCCC(C(F)(F)F)C1. The van der Waals surface area contributed by atoms with Crippen LogP contribution in [0.3, 0.4) is 0 Å². The summed E-state index contributed by atoms with van der Waals surface area (Å²) in [6.07, 6.45) is -3.56. The topological polar surface area (TPSA) is 53.1 Å². The van der Waals surface area contributed by atoms with E-state index < -0.39 is 12.1 Å². The minimum atomic E-state index is -4.16. The third-order valence-electron chi connectivity index (χ3n) is 2.22. The summed E-state index contributed by atoms with van der Waals surface area (Å²) >= 11 is 0. The molecule has 0 radical (unpaired) electrons. The van der Waals surface area contributed by atoms with E-state index in [0.717, 1.165) is 0 Å². The van der Waals surface area contributed by atoms with Crippen LogP contribution < -0.4 is 5.73 Å². The predicted molar refractivity (Wildman–Crippen MR) is 42.3 cm³/mol. The quantitative estimate of drug-likeness (QED) is 0.450. The van der Waals surface area contributed by atoms with Crippen molar-refractivity contribution in [3.8, 4) is 0 Å². The van der Waals surface area contributed by atoms with Crippen LogP contribution in [-0.4, -0.2) is 30.1 Å². The first-order chi connectivity index (χ1) is 5.91. The number of halogens is 3. The van der Waals surface area contributed by atoms with Gasteiger partial charge in [0.1, 0.15) is 0 Å². The fourth-order valence-corrected chi connectivity index (χ4v) is 1.46. The zero-order valence-electron chi connectivity index (χ0n) is 7.06. The van der Waals surface area contributed by atoms with Gasteiger partial charge in [-0.05, 0) is 12.8 Å². The van der Waals surface area contributed by atoms with Gasteiger partial charge in [-0.15, -0.1) is 0 Å². The smallest absolute Gasteiger partial charge is 0.370 e. The van der Waals surface area contributed by atoms with Crippen molar-refractivity contribution in [2.45, 2.75) is 19.0 Å². The Hall–Kier alpha value is -0.940. The molecule has 0 amide bonds. The van der Waals surface area contributed by atoms with E-state index in [2.05, 4.69) is 0 Å². The normalized spacial score (nSPS) is 24.5. The molecule has 1 saturated heterocycles. The van der Waals surface area contributed by atoms with E-state index in [1.165, 1.54) is 4.90 Å². The van der Waals surface area contributed by atoms with E-state index in [1.54, 1.807) is 0 Å². The maximum absolute atomic E-state index is 12.2. The number of alkyl halides is 3. The third-order valence-corrected chi connectivity index (χ3v) is 2.22. The number of nitrogens with one attached hydrogen (secondary N) is 1. The summed E-state index contributed by atoms with van der Waals surface area (Å²) in [5, 5.41) is 7.02. The van der Waals surface area contributed by atoms with E-state index in [-0.39, 0.29) is 18.9 Å². The average Bonchev–Trinajstić information content (AvgIpc) is 2.03. The first kappa shape index (κ1) is 10.1. The van der Waals surface area contributed by atoms with E-state index in [9.17, 15) is 13.2 Å². The molecule has 13 heavy (non-hydrogen) atoms. The minimum Gasteiger partial charge on any atom is -0.370 e. The van der Waals surface area contributed by atoms with Crippen LogP contribution in [0.5, 0.6) is 0 Å². The first-order valence-electron chi connectivity index (χ1n) is 4.07. The molecule has 76 valence electrons. The van der Waals surface area contributed by atoms with Gasteiger partial charge in [-0.2, -0.15) is 13.2 Å². The first-order valence-corrected chi connectivity index (χ1v) is 4.07. The number of nitrogens with zero attached hydrogens (tertiary/aromatic N) is 1. The molecule has 0 spiro atoms. The molecule has 1 heterocycles. The molecule has 0 bridgehead atoms. The van der Waals surface area contributed by atoms with Crippen LogP contribution in [0.4, 0.5) is 13.2 Å². The number of hydrogen-bond acceptors (Lipinski definition) is 1. The van der Waals surface area contributed by atoms with Crippen molar-refractivity contribution in [2.75, 3.05) is 13.1 Å². The van der Waals surface area contributed by atoms with Crippen LogP contribution in [0.25, 0.3) is 0 Å². The highest BCUT2D eigenvalue weighted by Crippen LogP contribution is 2.32. The van der Waals surface area contributed by atoms with Gasteiger partial charge in [0.15, 0.2) is 5.96 Å². The maximum atomic E-state index is 12.2. The molecule has 3 N–H and O–H groups in total. The Labute approximate surface area is 74.2 Å². The Morgan fingerprint density at radius 3 is 2.54 bits per heavy atom. The molecule has 1 aliphatic heterocycles. The molecular weight excluding hydrogens is 183 g/mol. The summed E-state index contributed by atoms with van der Waals surface area (Å²) in [7, 11) is 0. The Morgan fingerprint density at radius 1 is 1.46 bits per heavy atom. The number of nitrogens with two attached hydrogens (primary N) is 1. The highest BCUT2D eigenvalue weighted by atomic mass is 19.4. The minimum absolute atomic E-state index is 0.146. The van der Waals surface area contributed by atoms with Gasteiger partial charge in [0.25, 0.3) is 0 Å². The molecule has 0 aromatic heterocycles. The highest BCUT2D eigenvalue weighted by Gasteiger charge is 2.41. The molecule has 0 aromatic carbocycles. The second kappa shape index (κ2) is 3.43. The van der Waals surface area contributed by atoms with Gasteiger partial charge in [-0.25, -0.2) is 0 Å². The van der Waals surface area contributed by atoms with Crippen molar-refractivity contribution in [1.29, 1.82) is 5.41 Å². The molecule has 6 heteroatoms. The third kappa shape index (κ3) is 2.50. The van der Waals surface area contributed by atoms with Gasteiger partial charge in [-0.3, -0.25) is 5.41 Å². The Bertz CT molecular complexity index is 202. The number of rotatable bonds is 0. The summed E-state index contributed by atoms with van der Waals surface area (Å²) < 4.78 is 36.7. The zero-order chi connectivity index (χ0) is 10.1. The zero-order valence-corrected chi connectivity index (χ0v) is 7.06. The molecule has 1 atom stereocenters. The molecule has 0 saturated carbocycles. The van der Waals surface area contributed by atoms with E-state index in [0.29, 0.717) is 13.0 Å². The number of piperidine rings is 1. The van der Waals surface area contributed by atoms with Crippen LogP contribution in [0.15, 0.2) is 0 Å². The van der Waals surface area contributed by atoms with Crippen LogP contribution >= 0.6 is 0 Å². The van der Waals surface area contributed by atoms with Crippen LogP contribution in [-0.2, 0) is 0 Å². The van der Waals surface area contributed by atoms with E-state index >= 15 is 0 Å². The summed E-state index contributed by atoms with van der Waals surface area (Å²) in [5.74, 6) is -1.60. The van der Waals surface area contributed by atoms with Gasteiger partial charge in [-0.1, -0.05) is 0 Å². The lowest BCUT2D eigenvalue weighted by Gasteiger charge is -2.33. The summed E-state index contributed by atoms with van der Waals surface area (Å²) in [6, 6.07) is 0. The standard InChI is InChI=1S/C7H12F3N3/c8-7(9,10)5-2-1-3-13(4-5)6(11)12/h5H,1-4H2,(H3,11,12). The number of likely N-dealkylation sites (tertiary alicyclic amines) is 1. The molecule has 0 aliphatic carbocycles. The molecule has 1 aliphatic rings. The van der Waals surface area contributed by atoms with Crippen LogP contribution in [0.2, 0.25) is 0 Å². The fraction of sp³-hybridized carbons (Fsp3) is 0.857. The molecular formula is C7H12F3N3.